The number of nitrogens with zero attached hydrogens (tertiary/aromatic N) is 2. The maximum Gasteiger partial charge on any atom is 0.351 e. The molecule has 0 saturated carbocycles. The van der Waals surface area contributed by atoms with Crippen molar-refractivity contribution < 1.29 is 0 Å². The molecule has 0 spiro atoms. The predicted octanol–water partition coefficient (Wildman–Crippen LogP) is 1.68. The monoisotopic (exact) mass is 259 g/mol. The van der Waals surface area contributed by atoms with Crippen LogP contribution in [-0.2, 0) is 6.54 Å². The zero-order valence-electron chi connectivity index (χ0n) is 11.1. The van der Waals surface area contributed by atoms with E-state index in [1.54, 1.807) is 24.3 Å². The molecule has 0 radical (unpaired) electrons. The van der Waals surface area contributed by atoms with Crippen molar-refractivity contribution in [2.24, 2.45) is 0 Å². The van der Waals surface area contributed by atoms with Gasteiger partial charge in [0.05, 0.1) is 12.2 Å². The smallest absolute Gasteiger partial charge is 0.246 e. The fourth-order valence-corrected chi connectivity index (χ4v) is 2.00. The molecule has 5 heteroatoms. The molecule has 1 heterocycles. The highest BCUT2D eigenvalue weighted by atomic mass is 16.2. The highest BCUT2D eigenvalue weighted by Crippen LogP contribution is 2.01. The van der Waals surface area contributed by atoms with Gasteiger partial charge in [-0.05, 0) is 25.5 Å². The summed E-state index contributed by atoms with van der Waals surface area (Å²) in [6.45, 7) is 4.38. The highest BCUT2D eigenvalue weighted by Gasteiger charge is 2.10. The fraction of sp³-hybridized carbons (Fsp3) is 0.286. The number of hydrogen-bond acceptors (Lipinski definition) is 2. The van der Waals surface area contributed by atoms with Crippen molar-refractivity contribution in [3.63, 3.8) is 0 Å². The van der Waals surface area contributed by atoms with Crippen molar-refractivity contribution in [1.82, 2.24) is 14.3 Å². The van der Waals surface area contributed by atoms with E-state index in [-0.39, 0.29) is 5.69 Å². The molecule has 2 rings (SSSR count). The molecule has 100 valence electrons. The summed E-state index contributed by atoms with van der Waals surface area (Å²) < 4.78 is 2.47. The van der Waals surface area contributed by atoms with Crippen molar-refractivity contribution in [3.05, 3.63) is 62.9 Å². The van der Waals surface area contributed by atoms with Crippen molar-refractivity contribution in [3.8, 4) is 5.69 Å². The van der Waals surface area contributed by atoms with E-state index in [2.05, 4.69) is 5.10 Å². The zero-order chi connectivity index (χ0) is 13.8. The number of para-hydroxylation sites is 1. The lowest BCUT2D eigenvalue weighted by Crippen LogP contribution is -2.27. The number of benzene rings is 1. The van der Waals surface area contributed by atoms with Gasteiger partial charge < -0.3 is 0 Å². The minimum absolute atomic E-state index is 0.347. The van der Waals surface area contributed by atoms with Gasteiger partial charge in [0.15, 0.2) is 0 Å². The van der Waals surface area contributed by atoms with Crippen LogP contribution in [-0.4, -0.2) is 14.3 Å². The molecule has 2 aromatic rings. The van der Waals surface area contributed by atoms with Gasteiger partial charge in [-0.15, -0.1) is 0 Å². The van der Waals surface area contributed by atoms with E-state index >= 15 is 0 Å². The van der Waals surface area contributed by atoms with Crippen molar-refractivity contribution in [2.75, 3.05) is 0 Å². The molecular formula is C14H17N3O2. The van der Waals surface area contributed by atoms with Gasteiger partial charge in [0.25, 0.3) is 0 Å². The van der Waals surface area contributed by atoms with Gasteiger partial charge in [0.1, 0.15) is 0 Å². The summed E-state index contributed by atoms with van der Waals surface area (Å²) in [6.07, 6.45) is 2.94. The number of H-pyrrole nitrogens is 1. The molecule has 0 aliphatic rings. The van der Waals surface area contributed by atoms with Gasteiger partial charge in [0, 0.05) is 0 Å². The molecule has 1 N–H and O–H groups in total. The summed E-state index contributed by atoms with van der Waals surface area (Å²) in [4.78, 5) is 24.1. The van der Waals surface area contributed by atoms with Crippen LogP contribution in [0.4, 0.5) is 0 Å². The number of rotatable bonds is 4. The van der Waals surface area contributed by atoms with E-state index in [9.17, 15) is 9.59 Å². The average molecular weight is 259 g/mol. The van der Waals surface area contributed by atoms with Crippen molar-refractivity contribution >= 4 is 0 Å². The number of nitrogens with one attached hydrogen (secondary N) is 1. The van der Waals surface area contributed by atoms with E-state index in [1.807, 2.05) is 26.0 Å². The molecule has 19 heavy (non-hydrogen) atoms. The Morgan fingerprint density at radius 2 is 1.95 bits per heavy atom. The minimum Gasteiger partial charge on any atom is -0.246 e. The van der Waals surface area contributed by atoms with E-state index < -0.39 is 5.69 Å². The highest BCUT2D eigenvalue weighted by molar-refractivity contribution is 5.30. The Hall–Kier alpha value is -2.30. The number of aromatic nitrogens is 3. The van der Waals surface area contributed by atoms with Gasteiger partial charge in [0.2, 0.25) is 0 Å². The Kier molecular flexibility index (Phi) is 3.85. The first-order chi connectivity index (χ1) is 9.13. The summed E-state index contributed by atoms with van der Waals surface area (Å²) in [5.41, 5.74) is 0.858. The Labute approximate surface area is 110 Å². The molecule has 1 aromatic carbocycles. The third kappa shape index (κ3) is 2.76. The Morgan fingerprint density at radius 1 is 1.26 bits per heavy atom. The van der Waals surface area contributed by atoms with Gasteiger partial charge in [-0.3, -0.25) is 0 Å². The van der Waals surface area contributed by atoms with E-state index in [0.717, 1.165) is 16.6 Å². The number of aromatic amines is 1. The van der Waals surface area contributed by atoms with Crippen LogP contribution < -0.4 is 11.4 Å². The van der Waals surface area contributed by atoms with Crippen LogP contribution in [0.5, 0.6) is 0 Å². The van der Waals surface area contributed by atoms with Crippen LogP contribution in [0.2, 0.25) is 0 Å². The molecule has 1 aromatic heterocycles. The fourth-order valence-electron chi connectivity index (χ4n) is 2.00. The van der Waals surface area contributed by atoms with Crippen LogP contribution in [0, 0.1) is 0 Å². The lowest BCUT2D eigenvalue weighted by Gasteiger charge is -2.01. The predicted molar refractivity (Wildman–Crippen MR) is 74.7 cm³/mol. The first-order valence-corrected chi connectivity index (χ1v) is 6.26. The molecular weight excluding hydrogens is 242 g/mol. The van der Waals surface area contributed by atoms with Crippen LogP contribution in [0.1, 0.15) is 20.3 Å². The van der Waals surface area contributed by atoms with Crippen LogP contribution in [0.3, 0.4) is 0 Å². The third-order valence-corrected chi connectivity index (χ3v) is 2.83. The molecule has 0 bridgehead atoms. The molecule has 0 aliphatic heterocycles. The average Bonchev–Trinajstić information content (AvgIpc) is 2.66. The second-order valence-electron chi connectivity index (χ2n) is 4.42. The quantitative estimate of drug-likeness (QED) is 0.849. The van der Waals surface area contributed by atoms with Gasteiger partial charge in [-0.1, -0.05) is 36.8 Å². The second kappa shape index (κ2) is 5.56. The maximum absolute atomic E-state index is 12.2. The molecule has 5 nitrogen and oxygen atoms in total. The first-order valence-electron chi connectivity index (χ1n) is 6.26. The van der Waals surface area contributed by atoms with E-state index in [1.165, 1.54) is 4.68 Å². The normalized spacial score (nSPS) is 11.8. The summed E-state index contributed by atoms with van der Waals surface area (Å²) >= 11 is 0. The summed E-state index contributed by atoms with van der Waals surface area (Å²) in [5, 5.41) is 2.57. The molecule has 0 aliphatic carbocycles. The molecule has 0 unspecified atom stereocenters. The summed E-state index contributed by atoms with van der Waals surface area (Å²) in [5.74, 6) is 0. The maximum atomic E-state index is 12.2. The second-order valence-corrected chi connectivity index (χ2v) is 4.42. The Bertz CT molecular complexity index is 689. The summed E-state index contributed by atoms with van der Waals surface area (Å²) in [7, 11) is 0. The van der Waals surface area contributed by atoms with Crippen molar-refractivity contribution in [1.29, 1.82) is 0 Å². The Balaban J connectivity index is 2.45. The first kappa shape index (κ1) is 13.1. The van der Waals surface area contributed by atoms with Crippen LogP contribution >= 0.6 is 0 Å². The lowest BCUT2D eigenvalue weighted by atomic mass is 10.2. The lowest BCUT2D eigenvalue weighted by molar-refractivity contribution is 0.640. The SMILES string of the molecule is CC/C=C(\C)Cn1[nH]c(=O)n(-c2ccccc2)c1=O. The summed E-state index contributed by atoms with van der Waals surface area (Å²) in [6, 6.07) is 8.89. The van der Waals surface area contributed by atoms with E-state index in [0.29, 0.717) is 12.2 Å². The molecule has 0 amide bonds. The van der Waals surface area contributed by atoms with Gasteiger partial charge in [-0.2, -0.15) is 0 Å². The number of allylic oxidation sites excluding steroid dienone is 2. The van der Waals surface area contributed by atoms with Gasteiger partial charge in [-0.25, -0.2) is 23.9 Å². The standard InChI is InChI=1S/C14H17N3O2/c1-3-7-11(2)10-16-14(19)17(13(18)15-16)12-8-5-4-6-9-12/h4-9H,3,10H2,1-2H3,(H,15,18)/b11-7+. The third-order valence-electron chi connectivity index (χ3n) is 2.83. The Morgan fingerprint density at radius 3 is 2.58 bits per heavy atom. The van der Waals surface area contributed by atoms with E-state index in [4.69, 9.17) is 0 Å². The topological polar surface area (TPSA) is 59.8 Å². The molecule has 0 saturated heterocycles. The molecule has 0 atom stereocenters. The zero-order valence-corrected chi connectivity index (χ0v) is 11.1. The largest absolute Gasteiger partial charge is 0.351 e. The van der Waals surface area contributed by atoms with Crippen molar-refractivity contribution in [2.45, 2.75) is 26.8 Å². The molecule has 0 fully saturated rings. The minimum atomic E-state index is -0.416. The number of hydrogen-bond donors (Lipinski definition) is 1. The van der Waals surface area contributed by atoms with Crippen LogP contribution in [0.15, 0.2) is 51.6 Å². The van der Waals surface area contributed by atoms with Crippen LogP contribution in [0.25, 0.3) is 5.69 Å². The van der Waals surface area contributed by atoms with Gasteiger partial charge >= 0.3 is 11.4 Å².